The highest BCUT2D eigenvalue weighted by Gasteiger charge is 2.58. The van der Waals surface area contributed by atoms with Crippen LogP contribution >= 0.6 is 11.6 Å². The molecular weight excluding hydrogens is 314 g/mol. The number of nitrogens with one attached hydrogen (secondary N) is 1. The molecule has 1 saturated heterocycles. The van der Waals surface area contributed by atoms with Crippen LogP contribution in [0, 0.1) is 0 Å². The lowest BCUT2D eigenvalue weighted by molar-refractivity contribution is -0.330. The number of para-hydroxylation sites is 1. The summed E-state index contributed by atoms with van der Waals surface area (Å²) in [5, 5.41) is 51.2. The van der Waals surface area contributed by atoms with Gasteiger partial charge in [-0.3, -0.25) is 0 Å². The molecule has 0 radical (unpaired) electrons. The molecular formula is C14H16ClNO6. The number of ether oxygens (including phenoxy) is 1. The van der Waals surface area contributed by atoms with Gasteiger partial charge in [0.25, 0.3) is 0 Å². The summed E-state index contributed by atoms with van der Waals surface area (Å²) in [4.78, 5) is 2.89. The zero-order valence-corrected chi connectivity index (χ0v) is 12.1. The Labute approximate surface area is 130 Å². The van der Waals surface area contributed by atoms with Crippen molar-refractivity contribution in [2.45, 2.75) is 35.8 Å². The van der Waals surface area contributed by atoms with Crippen LogP contribution in [0.3, 0.4) is 0 Å². The molecule has 0 amide bonds. The van der Waals surface area contributed by atoms with Crippen LogP contribution in [0.5, 0.6) is 0 Å². The summed E-state index contributed by atoms with van der Waals surface area (Å²) in [6, 6.07) is 8.65. The Kier molecular flexibility index (Phi) is 3.90. The number of aliphatic hydroxyl groups is 5. The number of hydrogen-bond donors (Lipinski definition) is 6. The van der Waals surface area contributed by atoms with E-state index in [1.54, 1.807) is 24.3 Å². The molecule has 1 unspecified atom stereocenters. The lowest BCUT2D eigenvalue weighted by atomic mass is 9.81. The average Bonchev–Trinajstić information content (AvgIpc) is 2.93. The van der Waals surface area contributed by atoms with Gasteiger partial charge in [0, 0.05) is 5.52 Å². The van der Waals surface area contributed by atoms with Crippen molar-refractivity contribution in [3.8, 4) is 0 Å². The van der Waals surface area contributed by atoms with Crippen LogP contribution in [0.2, 0.25) is 0 Å². The molecule has 1 aliphatic rings. The number of fused-ring (bicyclic) bond motifs is 1. The summed E-state index contributed by atoms with van der Waals surface area (Å²) in [7, 11) is 0. The molecule has 6 N–H and O–H groups in total. The predicted molar refractivity (Wildman–Crippen MR) is 76.9 cm³/mol. The van der Waals surface area contributed by atoms with E-state index in [0.717, 1.165) is 5.39 Å². The Balaban J connectivity index is 2.10. The first-order valence-corrected chi connectivity index (χ1v) is 7.11. The Bertz CT molecular complexity index is 643. The number of halogens is 1. The lowest BCUT2D eigenvalue weighted by Crippen LogP contribution is -2.66. The van der Waals surface area contributed by atoms with Crippen molar-refractivity contribution >= 4 is 22.5 Å². The minimum Gasteiger partial charge on any atom is -0.387 e. The standard InChI is InChI=1S/C14H16ClNO6/c15-12(19)9-10(17)14(21,11(18)13(20)22-9)8-5-6-3-1-2-4-7(6)16-8/h1-5,9-13,16-21H/t9-,10+,11-,12?,13+,14-/m0/s1. The van der Waals surface area contributed by atoms with Crippen molar-refractivity contribution in [1.82, 2.24) is 4.98 Å². The molecule has 0 saturated carbocycles. The SMILES string of the molecule is OC(Cl)[C@H]1O[C@@H](O)[C@H](O)[C@](O)(c2cc3ccccc3[nH]2)[C@@H]1O. The summed E-state index contributed by atoms with van der Waals surface area (Å²) in [6.45, 7) is 0. The van der Waals surface area contributed by atoms with Crippen LogP contribution in [-0.4, -0.2) is 60.7 Å². The number of aromatic nitrogens is 1. The zero-order chi connectivity index (χ0) is 16.1. The molecule has 1 aliphatic heterocycles. The van der Waals surface area contributed by atoms with E-state index in [9.17, 15) is 25.5 Å². The minimum absolute atomic E-state index is 0.0818. The molecule has 1 fully saturated rings. The van der Waals surface area contributed by atoms with Crippen LogP contribution in [-0.2, 0) is 10.3 Å². The highest BCUT2D eigenvalue weighted by Crippen LogP contribution is 2.39. The molecule has 0 aliphatic carbocycles. The Hall–Kier alpha value is -1.19. The zero-order valence-electron chi connectivity index (χ0n) is 11.3. The smallest absolute Gasteiger partial charge is 0.184 e. The molecule has 0 bridgehead atoms. The molecule has 3 rings (SSSR count). The summed E-state index contributed by atoms with van der Waals surface area (Å²) < 4.78 is 4.86. The molecule has 7 nitrogen and oxygen atoms in total. The van der Waals surface area contributed by atoms with Gasteiger partial charge in [-0.2, -0.15) is 0 Å². The van der Waals surface area contributed by atoms with Gasteiger partial charge in [-0.05, 0) is 17.5 Å². The third-order valence-corrected chi connectivity index (χ3v) is 4.26. The monoisotopic (exact) mass is 329 g/mol. The van der Waals surface area contributed by atoms with Crippen LogP contribution in [0.1, 0.15) is 5.69 Å². The van der Waals surface area contributed by atoms with E-state index in [1.165, 1.54) is 6.07 Å². The van der Waals surface area contributed by atoms with E-state index >= 15 is 0 Å². The van der Waals surface area contributed by atoms with Gasteiger partial charge in [0.2, 0.25) is 0 Å². The second-order valence-corrected chi connectivity index (χ2v) is 5.80. The number of aliphatic hydroxyl groups excluding tert-OH is 4. The fourth-order valence-electron chi connectivity index (χ4n) is 2.78. The number of hydrogen-bond acceptors (Lipinski definition) is 6. The first kappa shape index (κ1) is 15.7. The summed E-state index contributed by atoms with van der Waals surface area (Å²) in [5.74, 6) is 0. The number of H-pyrrole nitrogens is 1. The topological polar surface area (TPSA) is 126 Å². The molecule has 2 heterocycles. The molecule has 1 aromatic carbocycles. The second kappa shape index (κ2) is 5.47. The summed E-state index contributed by atoms with van der Waals surface area (Å²) >= 11 is 5.51. The summed E-state index contributed by atoms with van der Waals surface area (Å²) in [6.07, 6.45) is -6.89. The first-order valence-electron chi connectivity index (χ1n) is 6.68. The van der Waals surface area contributed by atoms with Crippen LogP contribution < -0.4 is 0 Å². The van der Waals surface area contributed by atoms with Gasteiger partial charge >= 0.3 is 0 Å². The van der Waals surface area contributed by atoms with Gasteiger partial charge in [-0.1, -0.05) is 29.8 Å². The van der Waals surface area contributed by atoms with Crippen molar-refractivity contribution in [2.24, 2.45) is 0 Å². The van der Waals surface area contributed by atoms with Crippen molar-refractivity contribution in [3.05, 3.63) is 36.0 Å². The average molecular weight is 330 g/mol. The number of aromatic amines is 1. The maximum absolute atomic E-state index is 10.8. The Morgan fingerprint density at radius 3 is 2.50 bits per heavy atom. The largest absolute Gasteiger partial charge is 0.387 e. The number of benzene rings is 1. The van der Waals surface area contributed by atoms with Crippen LogP contribution in [0.15, 0.2) is 30.3 Å². The third kappa shape index (κ3) is 2.22. The number of rotatable bonds is 2. The molecule has 22 heavy (non-hydrogen) atoms. The van der Waals surface area contributed by atoms with E-state index < -0.39 is 35.8 Å². The number of alkyl halides is 1. The normalized spacial score (nSPS) is 37.4. The van der Waals surface area contributed by atoms with Gasteiger partial charge in [0.05, 0.1) is 5.69 Å². The van der Waals surface area contributed by atoms with Gasteiger partial charge in [0.15, 0.2) is 17.5 Å². The van der Waals surface area contributed by atoms with E-state index in [4.69, 9.17) is 16.3 Å². The Morgan fingerprint density at radius 2 is 1.86 bits per heavy atom. The van der Waals surface area contributed by atoms with Crippen molar-refractivity contribution in [3.63, 3.8) is 0 Å². The van der Waals surface area contributed by atoms with Crippen LogP contribution in [0.4, 0.5) is 0 Å². The van der Waals surface area contributed by atoms with E-state index in [-0.39, 0.29) is 5.69 Å². The predicted octanol–water partition coefficient (Wildman–Crippen LogP) is -0.648. The lowest BCUT2D eigenvalue weighted by Gasteiger charge is -2.46. The van der Waals surface area contributed by atoms with E-state index in [1.807, 2.05) is 0 Å². The quantitative estimate of drug-likeness (QED) is 0.407. The molecule has 1 aromatic heterocycles. The van der Waals surface area contributed by atoms with Crippen molar-refractivity contribution in [2.75, 3.05) is 0 Å². The Morgan fingerprint density at radius 1 is 1.18 bits per heavy atom. The second-order valence-electron chi connectivity index (χ2n) is 5.35. The fourth-order valence-corrected chi connectivity index (χ4v) is 2.97. The van der Waals surface area contributed by atoms with Gasteiger partial charge in [-0.25, -0.2) is 0 Å². The molecule has 8 heteroatoms. The van der Waals surface area contributed by atoms with Crippen molar-refractivity contribution in [1.29, 1.82) is 0 Å². The fraction of sp³-hybridized carbons (Fsp3) is 0.429. The molecule has 0 spiro atoms. The van der Waals surface area contributed by atoms with Crippen molar-refractivity contribution < 1.29 is 30.3 Å². The summed E-state index contributed by atoms with van der Waals surface area (Å²) in [5.41, 5.74) is -3.20. The third-order valence-electron chi connectivity index (χ3n) is 4.01. The van der Waals surface area contributed by atoms with Crippen LogP contribution in [0.25, 0.3) is 10.9 Å². The molecule has 120 valence electrons. The molecule has 2 aromatic rings. The van der Waals surface area contributed by atoms with E-state index in [2.05, 4.69) is 4.98 Å². The minimum atomic E-state index is -2.28. The molecule has 6 atom stereocenters. The highest BCUT2D eigenvalue weighted by molar-refractivity contribution is 6.19. The van der Waals surface area contributed by atoms with E-state index in [0.29, 0.717) is 5.52 Å². The highest BCUT2D eigenvalue weighted by atomic mass is 35.5. The van der Waals surface area contributed by atoms with Gasteiger partial charge in [-0.15, -0.1) is 0 Å². The maximum atomic E-state index is 10.8. The first-order chi connectivity index (χ1) is 10.4. The van der Waals surface area contributed by atoms with Gasteiger partial charge < -0.3 is 35.3 Å². The van der Waals surface area contributed by atoms with Gasteiger partial charge in [0.1, 0.15) is 18.3 Å². The maximum Gasteiger partial charge on any atom is 0.184 e.